The van der Waals surface area contributed by atoms with E-state index < -0.39 is 10.0 Å². The summed E-state index contributed by atoms with van der Waals surface area (Å²) in [6, 6.07) is 17.1. The van der Waals surface area contributed by atoms with Crippen LogP contribution in [0.3, 0.4) is 0 Å². The molecule has 1 fully saturated rings. The molecule has 2 N–H and O–H groups in total. The minimum atomic E-state index is -3.33. The van der Waals surface area contributed by atoms with Gasteiger partial charge in [0.2, 0.25) is 10.0 Å². The van der Waals surface area contributed by atoms with Crippen molar-refractivity contribution in [2.24, 2.45) is 0 Å². The summed E-state index contributed by atoms with van der Waals surface area (Å²) in [5.74, 6) is -0.0129. The number of aryl methyl sites for hydroxylation is 1. The molecule has 1 amide bonds. The highest BCUT2D eigenvalue weighted by atomic mass is 32.2. The van der Waals surface area contributed by atoms with Gasteiger partial charge in [0.1, 0.15) is 0 Å². The van der Waals surface area contributed by atoms with Crippen molar-refractivity contribution in [1.82, 2.24) is 4.31 Å². The summed E-state index contributed by atoms with van der Waals surface area (Å²) in [5, 5.41) is 2.95. The molecule has 0 spiro atoms. The van der Waals surface area contributed by atoms with E-state index >= 15 is 0 Å². The summed E-state index contributed by atoms with van der Waals surface area (Å²) in [7, 11) is -3.33. The smallest absolute Gasteiger partial charge is 0.279 e. The highest BCUT2D eigenvalue weighted by Crippen LogP contribution is 2.12. The predicted molar refractivity (Wildman–Crippen MR) is 111 cm³/mol. The van der Waals surface area contributed by atoms with Gasteiger partial charge in [-0.05, 0) is 29.7 Å². The second kappa shape index (κ2) is 9.32. The molecule has 1 aliphatic heterocycles. The molecule has 150 valence electrons. The molecule has 2 aromatic rings. The molecule has 0 saturated carbocycles. The average molecular weight is 403 g/mol. The lowest BCUT2D eigenvalue weighted by molar-refractivity contribution is -0.895. The third-order valence-corrected chi connectivity index (χ3v) is 6.89. The summed E-state index contributed by atoms with van der Waals surface area (Å²) < 4.78 is 26.8. The lowest BCUT2D eigenvalue weighted by Gasteiger charge is -2.31. The molecule has 1 heterocycles. The van der Waals surface area contributed by atoms with Crippen LogP contribution in [0, 0.1) is 0 Å². The first-order valence-electron chi connectivity index (χ1n) is 9.70. The lowest BCUT2D eigenvalue weighted by Crippen LogP contribution is -3.15. The number of carbonyl (C=O) groups excluding carboxylic acids is 1. The fraction of sp³-hybridized carbons (Fsp3) is 0.381. The minimum absolute atomic E-state index is 0.0252. The van der Waals surface area contributed by atoms with Gasteiger partial charge in [0, 0.05) is 5.69 Å². The molecule has 0 radical (unpaired) electrons. The van der Waals surface area contributed by atoms with Crippen LogP contribution in [0.2, 0.25) is 0 Å². The average Bonchev–Trinajstić information content (AvgIpc) is 2.69. The molecule has 0 aromatic heterocycles. The number of rotatable bonds is 7. The highest BCUT2D eigenvalue weighted by molar-refractivity contribution is 7.88. The third kappa shape index (κ3) is 5.64. The van der Waals surface area contributed by atoms with Crippen molar-refractivity contribution in [3.63, 3.8) is 0 Å². The Morgan fingerprint density at radius 1 is 1.04 bits per heavy atom. The van der Waals surface area contributed by atoms with E-state index in [0.29, 0.717) is 32.7 Å². The highest BCUT2D eigenvalue weighted by Gasteiger charge is 2.30. The number of nitrogens with zero attached hydrogens (tertiary/aromatic N) is 1. The number of nitrogens with one attached hydrogen (secondary N) is 2. The number of amides is 1. The van der Waals surface area contributed by atoms with Crippen LogP contribution in [0.1, 0.15) is 18.1 Å². The maximum absolute atomic E-state index is 12.6. The zero-order valence-corrected chi connectivity index (χ0v) is 17.0. The molecule has 0 bridgehead atoms. The molecule has 0 aliphatic carbocycles. The number of benzene rings is 2. The van der Waals surface area contributed by atoms with E-state index in [1.165, 1.54) is 5.56 Å². The predicted octanol–water partition coefficient (Wildman–Crippen LogP) is 0.918. The first kappa shape index (κ1) is 20.5. The van der Waals surface area contributed by atoms with E-state index in [2.05, 4.69) is 12.2 Å². The van der Waals surface area contributed by atoms with E-state index in [9.17, 15) is 13.2 Å². The van der Waals surface area contributed by atoms with Gasteiger partial charge >= 0.3 is 0 Å². The van der Waals surface area contributed by atoms with Crippen molar-refractivity contribution >= 4 is 21.6 Å². The monoisotopic (exact) mass is 402 g/mol. The van der Waals surface area contributed by atoms with E-state index in [1.807, 2.05) is 54.6 Å². The van der Waals surface area contributed by atoms with Gasteiger partial charge in [-0.15, -0.1) is 0 Å². The number of piperazine rings is 1. The molecular formula is C21H28N3O3S+. The lowest BCUT2D eigenvalue weighted by atomic mass is 10.1. The molecule has 6 nitrogen and oxygen atoms in total. The summed E-state index contributed by atoms with van der Waals surface area (Å²) in [5.41, 5.74) is 2.79. The van der Waals surface area contributed by atoms with Crippen LogP contribution in [-0.2, 0) is 27.0 Å². The van der Waals surface area contributed by atoms with Gasteiger partial charge in [-0.2, -0.15) is 4.31 Å². The van der Waals surface area contributed by atoms with Crippen LogP contribution in [-0.4, -0.2) is 51.4 Å². The minimum Gasteiger partial charge on any atom is -0.325 e. The number of carbonyl (C=O) groups is 1. The number of quaternary nitrogens is 1. The van der Waals surface area contributed by atoms with Crippen LogP contribution in [0.25, 0.3) is 0 Å². The number of hydrogen-bond donors (Lipinski definition) is 2. The maximum Gasteiger partial charge on any atom is 0.279 e. The van der Waals surface area contributed by atoms with Crippen molar-refractivity contribution < 1.29 is 18.1 Å². The Labute approximate surface area is 167 Å². The number of anilines is 1. The summed E-state index contributed by atoms with van der Waals surface area (Å²) in [6.07, 6.45) is 0.925. The van der Waals surface area contributed by atoms with Crippen LogP contribution in [0.15, 0.2) is 54.6 Å². The normalized spacial score (nSPS) is 16.0. The Balaban J connectivity index is 1.48. The van der Waals surface area contributed by atoms with Crippen LogP contribution in [0.5, 0.6) is 0 Å². The van der Waals surface area contributed by atoms with E-state index in [-0.39, 0.29) is 11.7 Å². The summed E-state index contributed by atoms with van der Waals surface area (Å²) in [6.45, 7) is 4.60. The molecule has 3 rings (SSSR count). The van der Waals surface area contributed by atoms with Gasteiger partial charge in [-0.1, -0.05) is 49.4 Å². The van der Waals surface area contributed by atoms with Gasteiger partial charge in [-0.25, -0.2) is 8.42 Å². The van der Waals surface area contributed by atoms with Crippen molar-refractivity contribution in [2.75, 3.05) is 38.0 Å². The van der Waals surface area contributed by atoms with Gasteiger partial charge in [0.05, 0.1) is 31.9 Å². The Morgan fingerprint density at radius 2 is 1.71 bits per heavy atom. The number of hydrogen-bond acceptors (Lipinski definition) is 3. The maximum atomic E-state index is 12.6. The van der Waals surface area contributed by atoms with Crippen LogP contribution in [0.4, 0.5) is 5.69 Å². The molecule has 1 saturated heterocycles. The van der Waals surface area contributed by atoms with Crippen molar-refractivity contribution in [1.29, 1.82) is 0 Å². The Morgan fingerprint density at radius 3 is 2.39 bits per heavy atom. The first-order chi connectivity index (χ1) is 13.5. The Bertz CT molecular complexity index is 892. The molecule has 1 aliphatic rings. The molecule has 2 aromatic carbocycles. The van der Waals surface area contributed by atoms with Crippen molar-refractivity contribution in [3.8, 4) is 0 Å². The fourth-order valence-electron chi connectivity index (χ4n) is 3.43. The van der Waals surface area contributed by atoms with E-state index in [4.69, 9.17) is 0 Å². The molecule has 28 heavy (non-hydrogen) atoms. The standard InChI is InChI=1S/C21H27N3O3S/c1-2-18-9-6-10-20(15-18)22-21(25)16-23-11-13-24(14-12-23)28(26,27)17-19-7-4-3-5-8-19/h3-10,15H,2,11-14,16-17H2,1H3,(H,22,25)/p+1. The van der Waals surface area contributed by atoms with Gasteiger partial charge in [0.25, 0.3) is 5.91 Å². The molecular weight excluding hydrogens is 374 g/mol. The van der Waals surface area contributed by atoms with Crippen molar-refractivity contribution in [3.05, 3.63) is 65.7 Å². The van der Waals surface area contributed by atoms with Crippen LogP contribution >= 0.6 is 0 Å². The second-order valence-electron chi connectivity index (χ2n) is 7.17. The van der Waals surface area contributed by atoms with Gasteiger partial charge < -0.3 is 10.2 Å². The SMILES string of the molecule is CCc1cccc(NC(=O)C[NH+]2CCN(S(=O)(=O)Cc3ccccc3)CC2)c1. The third-order valence-electron chi connectivity index (χ3n) is 5.04. The van der Waals surface area contributed by atoms with E-state index in [1.54, 1.807) is 4.31 Å². The van der Waals surface area contributed by atoms with Crippen LogP contribution < -0.4 is 10.2 Å². The molecule has 0 unspecified atom stereocenters. The topological polar surface area (TPSA) is 70.9 Å². The molecule has 7 heteroatoms. The number of sulfonamides is 1. The molecule has 0 atom stereocenters. The quantitative estimate of drug-likeness (QED) is 0.724. The second-order valence-corrected chi connectivity index (χ2v) is 9.14. The van der Waals surface area contributed by atoms with E-state index in [0.717, 1.165) is 22.6 Å². The zero-order chi connectivity index (χ0) is 20.0. The summed E-state index contributed by atoms with van der Waals surface area (Å²) in [4.78, 5) is 13.4. The summed E-state index contributed by atoms with van der Waals surface area (Å²) >= 11 is 0. The van der Waals surface area contributed by atoms with Gasteiger partial charge in [0.15, 0.2) is 6.54 Å². The van der Waals surface area contributed by atoms with Gasteiger partial charge in [-0.3, -0.25) is 4.79 Å². The first-order valence-corrected chi connectivity index (χ1v) is 11.3. The fourth-order valence-corrected chi connectivity index (χ4v) is 4.97. The van der Waals surface area contributed by atoms with Crippen molar-refractivity contribution in [2.45, 2.75) is 19.1 Å². The Kier molecular flexibility index (Phi) is 6.83. The zero-order valence-electron chi connectivity index (χ0n) is 16.2. The largest absolute Gasteiger partial charge is 0.325 e. The Hall–Kier alpha value is -2.22.